The number of esters is 2. The lowest BCUT2D eigenvalue weighted by atomic mass is 9.87. The summed E-state index contributed by atoms with van der Waals surface area (Å²) in [6, 6.07) is 0. The lowest BCUT2D eigenvalue weighted by Gasteiger charge is -2.36. The van der Waals surface area contributed by atoms with E-state index in [0.717, 1.165) is 38.5 Å². The number of carbonyl (C=O) groups is 2. The SMILES string of the molecule is CCCCCCCC/C=C\C/C=C\C/C=C\CCCC(=O)OC[C@H](COP(=O)([O-])OCC[N+](C)(C)C)OC(=O)CCC/C=C\C[C@H]1[C@@H](O)CC(O)O[C@@H]1/C=C/[C@@H](O)CCCCC. The fraction of sp³-hybridized carbons (Fsp3) is 0.750. The molecule has 0 amide bonds. The highest BCUT2D eigenvalue weighted by atomic mass is 31.2. The molecule has 7 atom stereocenters. The van der Waals surface area contributed by atoms with E-state index >= 15 is 0 Å². The monoisotopic (exact) mass is 898 g/mol. The molecule has 0 bridgehead atoms. The molecule has 1 aliphatic heterocycles. The summed E-state index contributed by atoms with van der Waals surface area (Å²) in [4.78, 5) is 37.8. The molecule has 62 heavy (non-hydrogen) atoms. The zero-order valence-electron chi connectivity index (χ0n) is 38.8. The molecular weight excluding hydrogens is 813 g/mol. The number of phosphoric acid groups is 1. The van der Waals surface area contributed by atoms with Crippen molar-refractivity contribution >= 4 is 19.8 Å². The fourth-order valence-corrected chi connectivity index (χ4v) is 7.26. The lowest BCUT2D eigenvalue weighted by Crippen LogP contribution is -2.43. The maximum absolute atomic E-state index is 12.8. The molecule has 1 saturated heterocycles. The van der Waals surface area contributed by atoms with Crippen LogP contribution in [0.2, 0.25) is 0 Å². The van der Waals surface area contributed by atoms with E-state index in [9.17, 15) is 34.4 Å². The number of rotatable bonds is 37. The van der Waals surface area contributed by atoms with Crippen LogP contribution in [0.3, 0.4) is 0 Å². The van der Waals surface area contributed by atoms with Gasteiger partial charge in [-0.15, -0.1) is 0 Å². The Bertz CT molecular complexity index is 1360. The van der Waals surface area contributed by atoms with Gasteiger partial charge < -0.3 is 48.0 Å². The number of quaternary nitrogens is 1. The Hall–Kier alpha value is -2.45. The van der Waals surface area contributed by atoms with Gasteiger partial charge in [0.1, 0.15) is 19.8 Å². The van der Waals surface area contributed by atoms with Crippen molar-refractivity contribution in [3.63, 3.8) is 0 Å². The van der Waals surface area contributed by atoms with E-state index in [2.05, 4.69) is 44.2 Å². The highest BCUT2D eigenvalue weighted by molar-refractivity contribution is 7.45. The zero-order valence-corrected chi connectivity index (χ0v) is 39.7. The van der Waals surface area contributed by atoms with Crippen molar-refractivity contribution in [1.29, 1.82) is 0 Å². The third kappa shape index (κ3) is 33.1. The standard InChI is InChI=1S/C48H84NO12P/c1-6-8-10-11-12-13-14-15-16-17-18-19-20-21-22-23-28-32-46(52)57-39-42(40-59-62(55,56)58-37-36-49(3,4)5)60-47(53)33-29-25-24-27-31-43-44(51)38-48(54)61-45(43)35-34-41(50)30-26-9-7-2/h15-16,18-19,21-22,24,27,34-35,41-45,48,50-51,54H,6-14,17,20,23,25-26,28-33,36-40H2,1-5H3/b16-15-,19-18-,22-21-,27-24-,35-34+/t41-,42+,43-,44-,45+,48?/m0/s1. The summed E-state index contributed by atoms with van der Waals surface area (Å²) >= 11 is 0. The number of ether oxygens (including phenoxy) is 3. The Balaban J connectivity index is 2.56. The van der Waals surface area contributed by atoms with Crippen molar-refractivity contribution in [2.75, 3.05) is 47.5 Å². The molecule has 1 rings (SSSR count). The average Bonchev–Trinajstić information content (AvgIpc) is 3.20. The molecule has 3 N–H and O–H groups in total. The molecular formula is C48H84NO12P. The first-order valence-corrected chi connectivity index (χ1v) is 24.8. The number of allylic oxidation sites excluding steroid dienone is 8. The third-order valence-electron chi connectivity index (χ3n) is 10.3. The Morgan fingerprint density at radius 1 is 0.774 bits per heavy atom. The van der Waals surface area contributed by atoms with E-state index in [4.69, 9.17) is 23.3 Å². The minimum Gasteiger partial charge on any atom is -0.756 e. The van der Waals surface area contributed by atoms with Crippen LogP contribution < -0.4 is 4.89 Å². The van der Waals surface area contributed by atoms with Crippen LogP contribution in [0.25, 0.3) is 0 Å². The van der Waals surface area contributed by atoms with Gasteiger partial charge in [-0.1, -0.05) is 126 Å². The van der Waals surface area contributed by atoms with Gasteiger partial charge in [-0.05, 0) is 64.2 Å². The quantitative estimate of drug-likeness (QED) is 0.0178. The number of unbranched alkanes of at least 4 members (excludes halogenated alkanes) is 10. The van der Waals surface area contributed by atoms with Crippen LogP contribution in [0.15, 0.2) is 60.8 Å². The summed E-state index contributed by atoms with van der Waals surface area (Å²) < 4.78 is 39.5. The molecule has 1 fully saturated rings. The number of hydrogen-bond donors (Lipinski definition) is 3. The highest BCUT2D eigenvalue weighted by Crippen LogP contribution is 2.38. The Morgan fingerprint density at radius 2 is 1.35 bits per heavy atom. The van der Waals surface area contributed by atoms with E-state index in [1.807, 2.05) is 39.4 Å². The molecule has 0 spiro atoms. The highest BCUT2D eigenvalue weighted by Gasteiger charge is 2.35. The Kier molecular flexibility index (Phi) is 33.3. The molecule has 14 heteroatoms. The second-order valence-corrected chi connectivity index (χ2v) is 18.7. The third-order valence-corrected chi connectivity index (χ3v) is 11.3. The predicted octanol–water partition coefficient (Wildman–Crippen LogP) is 8.72. The van der Waals surface area contributed by atoms with Crippen molar-refractivity contribution in [2.24, 2.45) is 5.92 Å². The van der Waals surface area contributed by atoms with E-state index in [1.54, 1.807) is 12.2 Å². The molecule has 0 aliphatic carbocycles. The molecule has 358 valence electrons. The number of hydrogen-bond acceptors (Lipinski definition) is 12. The smallest absolute Gasteiger partial charge is 0.306 e. The van der Waals surface area contributed by atoms with Crippen LogP contribution in [0.5, 0.6) is 0 Å². The van der Waals surface area contributed by atoms with Crippen molar-refractivity contribution in [3.8, 4) is 0 Å². The van der Waals surface area contributed by atoms with Gasteiger partial charge in [-0.2, -0.15) is 0 Å². The maximum atomic E-state index is 12.8. The van der Waals surface area contributed by atoms with E-state index in [0.29, 0.717) is 49.6 Å². The van der Waals surface area contributed by atoms with Crippen molar-refractivity contribution in [2.45, 2.75) is 179 Å². The second kappa shape index (κ2) is 35.8. The van der Waals surface area contributed by atoms with Crippen LogP contribution in [0.1, 0.15) is 149 Å². The molecule has 0 aromatic carbocycles. The van der Waals surface area contributed by atoms with Gasteiger partial charge in [0.05, 0.1) is 46.1 Å². The van der Waals surface area contributed by atoms with Crippen molar-refractivity contribution in [1.82, 2.24) is 0 Å². The number of nitrogens with zero attached hydrogens (tertiary/aromatic N) is 1. The number of likely N-dealkylation sites (N-methyl/N-ethyl adjacent to an activating group) is 1. The summed E-state index contributed by atoms with van der Waals surface area (Å²) in [5.74, 6) is -1.42. The van der Waals surface area contributed by atoms with Gasteiger partial charge in [0.25, 0.3) is 7.82 Å². The fourth-order valence-electron chi connectivity index (χ4n) is 6.53. The van der Waals surface area contributed by atoms with Crippen LogP contribution in [0, 0.1) is 5.92 Å². The minimum absolute atomic E-state index is 0.0178. The largest absolute Gasteiger partial charge is 0.756 e. The molecule has 1 heterocycles. The Labute approximate surface area is 374 Å². The van der Waals surface area contributed by atoms with Crippen LogP contribution >= 0.6 is 7.82 Å². The van der Waals surface area contributed by atoms with E-state index in [-0.39, 0.29) is 38.4 Å². The van der Waals surface area contributed by atoms with Crippen LogP contribution in [-0.2, 0) is 37.4 Å². The maximum Gasteiger partial charge on any atom is 0.306 e. The van der Waals surface area contributed by atoms with Gasteiger partial charge >= 0.3 is 11.9 Å². The van der Waals surface area contributed by atoms with Gasteiger partial charge in [0.15, 0.2) is 12.4 Å². The molecule has 13 nitrogen and oxygen atoms in total. The predicted molar refractivity (Wildman–Crippen MR) is 244 cm³/mol. The minimum atomic E-state index is -4.72. The molecule has 0 saturated carbocycles. The molecule has 1 aliphatic rings. The summed E-state index contributed by atoms with van der Waals surface area (Å²) in [6.07, 6.45) is 33.1. The lowest BCUT2D eigenvalue weighted by molar-refractivity contribution is -0.870. The van der Waals surface area contributed by atoms with Gasteiger partial charge in [-0.25, -0.2) is 0 Å². The van der Waals surface area contributed by atoms with Crippen molar-refractivity contribution in [3.05, 3.63) is 60.8 Å². The normalized spacial score (nSPS) is 20.8. The summed E-state index contributed by atoms with van der Waals surface area (Å²) in [5, 5.41) is 31.0. The van der Waals surface area contributed by atoms with Gasteiger partial charge in [-0.3, -0.25) is 14.2 Å². The zero-order chi connectivity index (χ0) is 45.9. The molecule has 2 unspecified atom stereocenters. The van der Waals surface area contributed by atoms with Gasteiger partial charge in [0.2, 0.25) is 0 Å². The average molecular weight is 898 g/mol. The molecule has 0 aromatic heterocycles. The first kappa shape index (κ1) is 57.6. The topological polar surface area (TPSA) is 181 Å². The molecule has 0 aromatic rings. The van der Waals surface area contributed by atoms with Gasteiger partial charge in [0, 0.05) is 25.2 Å². The second-order valence-electron chi connectivity index (χ2n) is 17.3. The number of phosphoric ester groups is 1. The van der Waals surface area contributed by atoms with E-state index < -0.39 is 57.1 Å². The van der Waals surface area contributed by atoms with Crippen LogP contribution in [0.4, 0.5) is 0 Å². The van der Waals surface area contributed by atoms with Crippen molar-refractivity contribution < 1.29 is 62.1 Å². The first-order valence-electron chi connectivity index (χ1n) is 23.4. The summed E-state index contributed by atoms with van der Waals surface area (Å²) in [7, 11) is 0.964. The number of aliphatic hydroxyl groups excluding tert-OH is 3. The van der Waals surface area contributed by atoms with E-state index in [1.165, 1.54) is 38.5 Å². The number of carbonyl (C=O) groups excluding carboxylic acids is 2. The summed E-state index contributed by atoms with van der Waals surface area (Å²) in [6.45, 7) is 3.72. The Morgan fingerprint density at radius 3 is 2.02 bits per heavy atom. The number of aliphatic hydroxyl groups is 3. The molecule has 0 radical (unpaired) electrons. The first-order chi connectivity index (χ1) is 29.7. The summed E-state index contributed by atoms with van der Waals surface area (Å²) in [5.41, 5.74) is 0. The van der Waals surface area contributed by atoms with Crippen LogP contribution in [-0.4, -0.2) is 110 Å².